The van der Waals surface area contributed by atoms with Gasteiger partial charge in [-0.15, -0.1) is 0 Å². The van der Waals surface area contributed by atoms with Gasteiger partial charge in [0.2, 0.25) is 0 Å². The van der Waals surface area contributed by atoms with E-state index in [0.29, 0.717) is 5.69 Å². The van der Waals surface area contributed by atoms with Crippen LogP contribution in [0.5, 0.6) is 0 Å². The van der Waals surface area contributed by atoms with Crippen LogP contribution in [-0.4, -0.2) is 4.98 Å². The molecule has 0 spiro atoms. The van der Waals surface area contributed by atoms with Gasteiger partial charge in [-0.25, -0.2) is 0 Å². The number of benzene rings is 2. The zero-order chi connectivity index (χ0) is 12.4. The quantitative estimate of drug-likeness (QED) is 0.714. The topological polar surface area (TPSA) is 50.9 Å². The number of anilines is 3. The second-order valence-electron chi connectivity index (χ2n) is 4.11. The first-order chi connectivity index (χ1) is 8.84. The van der Waals surface area contributed by atoms with Gasteiger partial charge in [0.15, 0.2) is 0 Å². The highest BCUT2D eigenvalue weighted by Gasteiger charge is 2.02. The van der Waals surface area contributed by atoms with Gasteiger partial charge in [0, 0.05) is 17.3 Å². The number of hydrogen-bond acceptors (Lipinski definition) is 3. The maximum atomic E-state index is 5.89. The molecule has 0 saturated carbocycles. The van der Waals surface area contributed by atoms with Gasteiger partial charge in [0.05, 0.1) is 17.6 Å². The van der Waals surface area contributed by atoms with Crippen LogP contribution in [0.15, 0.2) is 60.9 Å². The van der Waals surface area contributed by atoms with E-state index in [1.54, 1.807) is 12.4 Å². The predicted octanol–water partition coefficient (Wildman–Crippen LogP) is 3.56. The van der Waals surface area contributed by atoms with Crippen molar-refractivity contribution >= 4 is 27.8 Å². The summed E-state index contributed by atoms with van der Waals surface area (Å²) in [4.78, 5) is 3.98. The average Bonchev–Trinajstić information content (AvgIpc) is 2.42. The summed E-state index contributed by atoms with van der Waals surface area (Å²) in [5, 5.41) is 5.73. The van der Waals surface area contributed by atoms with Gasteiger partial charge in [0.25, 0.3) is 0 Å². The third kappa shape index (κ3) is 1.86. The number of nitrogens with two attached hydrogens (primary N) is 1. The standard InChI is InChI=1S/C15H13N3/c16-13-10-17-9-8-15(13)18-14-7-3-5-11-4-1-2-6-12(11)14/h1-10H,16H2,(H,17,18). The van der Waals surface area contributed by atoms with Crippen LogP contribution in [0.3, 0.4) is 0 Å². The SMILES string of the molecule is Nc1cnccc1Nc1cccc2ccccc12. The second-order valence-corrected chi connectivity index (χ2v) is 4.11. The minimum Gasteiger partial charge on any atom is -0.396 e. The summed E-state index contributed by atoms with van der Waals surface area (Å²) in [6, 6.07) is 16.3. The summed E-state index contributed by atoms with van der Waals surface area (Å²) in [7, 11) is 0. The molecule has 3 aromatic rings. The highest BCUT2D eigenvalue weighted by atomic mass is 14.9. The first-order valence-electron chi connectivity index (χ1n) is 5.79. The Hall–Kier alpha value is -2.55. The fraction of sp³-hybridized carbons (Fsp3) is 0. The summed E-state index contributed by atoms with van der Waals surface area (Å²) in [6.07, 6.45) is 3.37. The molecule has 3 nitrogen and oxygen atoms in total. The van der Waals surface area contributed by atoms with Crippen LogP contribution in [-0.2, 0) is 0 Å². The molecule has 0 unspecified atom stereocenters. The highest BCUT2D eigenvalue weighted by Crippen LogP contribution is 2.28. The molecule has 88 valence electrons. The van der Waals surface area contributed by atoms with Gasteiger partial charge in [-0.05, 0) is 17.5 Å². The molecule has 2 aromatic carbocycles. The lowest BCUT2D eigenvalue weighted by atomic mass is 10.1. The van der Waals surface area contributed by atoms with Crippen molar-refractivity contribution in [3.8, 4) is 0 Å². The number of nitrogens with zero attached hydrogens (tertiary/aromatic N) is 1. The lowest BCUT2D eigenvalue weighted by molar-refractivity contribution is 1.33. The number of nitrogen functional groups attached to an aromatic ring is 1. The van der Waals surface area contributed by atoms with Gasteiger partial charge in [0.1, 0.15) is 0 Å². The van der Waals surface area contributed by atoms with Crippen molar-refractivity contribution in [3.63, 3.8) is 0 Å². The number of rotatable bonds is 2. The molecule has 3 rings (SSSR count). The molecule has 0 atom stereocenters. The predicted molar refractivity (Wildman–Crippen MR) is 75.9 cm³/mol. The molecule has 1 heterocycles. The van der Waals surface area contributed by atoms with E-state index in [9.17, 15) is 0 Å². The summed E-state index contributed by atoms with van der Waals surface area (Å²) >= 11 is 0. The highest BCUT2D eigenvalue weighted by molar-refractivity contribution is 5.96. The third-order valence-electron chi connectivity index (χ3n) is 2.91. The minimum absolute atomic E-state index is 0.644. The molecular weight excluding hydrogens is 222 g/mol. The summed E-state index contributed by atoms with van der Waals surface area (Å²) in [6.45, 7) is 0. The summed E-state index contributed by atoms with van der Waals surface area (Å²) < 4.78 is 0. The molecule has 0 fully saturated rings. The van der Waals surface area contributed by atoms with Crippen LogP contribution in [0, 0.1) is 0 Å². The Morgan fingerprint density at radius 1 is 0.889 bits per heavy atom. The lowest BCUT2D eigenvalue weighted by Crippen LogP contribution is -1.97. The van der Waals surface area contributed by atoms with Gasteiger partial charge in [-0.3, -0.25) is 4.98 Å². The van der Waals surface area contributed by atoms with E-state index in [4.69, 9.17) is 5.73 Å². The van der Waals surface area contributed by atoms with E-state index in [2.05, 4.69) is 28.5 Å². The Kier molecular flexibility index (Phi) is 2.57. The molecular formula is C15H13N3. The maximum absolute atomic E-state index is 5.89. The van der Waals surface area contributed by atoms with Crippen molar-refractivity contribution in [3.05, 3.63) is 60.9 Å². The van der Waals surface area contributed by atoms with E-state index in [-0.39, 0.29) is 0 Å². The smallest absolute Gasteiger partial charge is 0.0739 e. The van der Waals surface area contributed by atoms with Crippen LogP contribution in [0.2, 0.25) is 0 Å². The minimum atomic E-state index is 0.644. The van der Waals surface area contributed by atoms with Crippen LogP contribution in [0.4, 0.5) is 17.1 Å². The first-order valence-corrected chi connectivity index (χ1v) is 5.79. The number of nitrogens with one attached hydrogen (secondary N) is 1. The Bertz CT molecular complexity index is 687. The van der Waals surface area contributed by atoms with Crippen molar-refractivity contribution in [1.82, 2.24) is 4.98 Å². The number of pyridine rings is 1. The Morgan fingerprint density at radius 3 is 2.61 bits per heavy atom. The summed E-state index contributed by atoms with van der Waals surface area (Å²) in [5.74, 6) is 0. The van der Waals surface area contributed by atoms with Gasteiger partial charge in [-0.2, -0.15) is 0 Å². The van der Waals surface area contributed by atoms with Crippen molar-refractivity contribution in [2.24, 2.45) is 0 Å². The molecule has 1 aromatic heterocycles. The van der Waals surface area contributed by atoms with Crippen molar-refractivity contribution < 1.29 is 0 Å². The zero-order valence-electron chi connectivity index (χ0n) is 9.80. The molecule has 3 N–H and O–H groups in total. The molecule has 18 heavy (non-hydrogen) atoms. The zero-order valence-corrected chi connectivity index (χ0v) is 9.80. The third-order valence-corrected chi connectivity index (χ3v) is 2.91. The van der Waals surface area contributed by atoms with E-state index >= 15 is 0 Å². The molecule has 0 radical (unpaired) electrons. The summed E-state index contributed by atoms with van der Waals surface area (Å²) in [5.41, 5.74) is 8.45. The van der Waals surface area contributed by atoms with E-state index in [1.165, 1.54) is 10.8 Å². The van der Waals surface area contributed by atoms with Gasteiger partial charge < -0.3 is 11.1 Å². The normalized spacial score (nSPS) is 10.4. The molecule has 0 amide bonds. The maximum Gasteiger partial charge on any atom is 0.0739 e. The van der Waals surface area contributed by atoms with Crippen LogP contribution in [0.25, 0.3) is 10.8 Å². The Balaban J connectivity index is 2.08. The van der Waals surface area contributed by atoms with E-state index < -0.39 is 0 Å². The second kappa shape index (κ2) is 4.37. The van der Waals surface area contributed by atoms with Crippen LogP contribution < -0.4 is 11.1 Å². The Morgan fingerprint density at radius 2 is 1.72 bits per heavy atom. The molecule has 3 heteroatoms. The number of fused-ring (bicyclic) bond motifs is 1. The van der Waals surface area contributed by atoms with Crippen molar-refractivity contribution in [1.29, 1.82) is 0 Å². The monoisotopic (exact) mass is 235 g/mol. The molecule has 0 aliphatic heterocycles. The molecule has 0 bridgehead atoms. The lowest BCUT2D eigenvalue weighted by Gasteiger charge is -2.11. The number of aromatic nitrogens is 1. The van der Waals surface area contributed by atoms with Crippen molar-refractivity contribution in [2.45, 2.75) is 0 Å². The fourth-order valence-electron chi connectivity index (χ4n) is 2.00. The van der Waals surface area contributed by atoms with Crippen molar-refractivity contribution in [2.75, 3.05) is 11.1 Å². The van der Waals surface area contributed by atoms with Crippen LogP contribution >= 0.6 is 0 Å². The largest absolute Gasteiger partial charge is 0.396 e. The van der Waals surface area contributed by atoms with Gasteiger partial charge in [-0.1, -0.05) is 36.4 Å². The van der Waals surface area contributed by atoms with Gasteiger partial charge >= 0.3 is 0 Å². The molecule has 0 aliphatic carbocycles. The fourth-order valence-corrected chi connectivity index (χ4v) is 2.00. The number of hydrogen-bond donors (Lipinski definition) is 2. The molecule has 0 saturated heterocycles. The van der Waals surface area contributed by atoms with Crippen LogP contribution in [0.1, 0.15) is 0 Å². The Labute approximate surface area is 105 Å². The first kappa shape index (κ1) is 10.6. The average molecular weight is 235 g/mol. The van der Waals surface area contributed by atoms with E-state index in [1.807, 2.05) is 30.3 Å². The molecule has 0 aliphatic rings. The van der Waals surface area contributed by atoms with E-state index in [0.717, 1.165) is 11.4 Å².